The summed E-state index contributed by atoms with van der Waals surface area (Å²) in [5.74, 6) is 2.07. The maximum atomic E-state index is 13.3. The summed E-state index contributed by atoms with van der Waals surface area (Å²) in [7, 11) is 1.64. The van der Waals surface area contributed by atoms with Gasteiger partial charge in [0.05, 0.1) is 49.6 Å². The van der Waals surface area contributed by atoms with Crippen molar-refractivity contribution in [2.45, 2.75) is 13.0 Å². The fraction of sp³-hybridized carbons (Fsp3) is 0.205. The largest absolute Gasteiger partial charge is 0.497 e. The summed E-state index contributed by atoms with van der Waals surface area (Å²) >= 11 is 0. The van der Waals surface area contributed by atoms with Crippen molar-refractivity contribution in [2.24, 2.45) is 0 Å². The number of ether oxygens (including phenoxy) is 4. The number of fused-ring (bicyclic) bond motifs is 2. The molecule has 1 fully saturated rings. The highest BCUT2D eigenvalue weighted by atomic mass is 16.5. The fourth-order valence-corrected chi connectivity index (χ4v) is 5.86. The van der Waals surface area contributed by atoms with Gasteiger partial charge in [-0.3, -0.25) is 4.79 Å². The van der Waals surface area contributed by atoms with Crippen LogP contribution in [0.3, 0.4) is 0 Å². The standard InChI is InChI=1S/C39H37N3O5/c1-44-33-22-30(23-34(25-33)47-26-28-5-3-2-4-6-28)29-8-13-35-37(24-29)40-36-14-7-27(21-38(36)41-39(35)43)15-18-46-32-11-9-31(10-12-32)42-16-19-45-20-17-42/h2-14,21-25,40H,15-20,26H2,1H3,(H,41,43). The van der Waals surface area contributed by atoms with E-state index in [0.29, 0.717) is 36.7 Å². The first-order chi connectivity index (χ1) is 23.1. The molecule has 2 aliphatic heterocycles. The van der Waals surface area contributed by atoms with Gasteiger partial charge in [-0.1, -0.05) is 42.5 Å². The van der Waals surface area contributed by atoms with Gasteiger partial charge in [0.2, 0.25) is 0 Å². The van der Waals surface area contributed by atoms with Gasteiger partial charge in [0, 0.05) is 31.3 Å². The van der Waals surface area contributed by atoms with Gasteiger partial charge in [-0.05, 0) is 82.9 Å². The number of hydrogen-bond acceptors (Lipinski definition) is 7. The second kappa shape index (κ2) is 13.9. The minimum Gasteiger partial charge on any atom is -0.497 e. The van der Waals surface area contributed by atoms with E-state index in [1.54, 1.807) is 7.11 Å². The quantitative estimate of drug-likeness (QED) is 0.164. The van der Waals surface area contributed by atoms with E-state index in [1.165, 1.54) is 5.69 Å². The minimum absolute atomic E-state index is 0.163. The Bertz CT molecular complexity index is 1850. The zero-order chi connectivity index (χ0) is 32.0. The Morgan fingerprint density at radius 3 is 2.30 bits per heavy atom. The van der Waals surface area contributed by atoms with Crippen LogP contribution in [-0.2, 0) is 17.8 Å². The molecule has 7 rings (SSSR count). The SMILES string of the molecule is COc1cc(OCc2ccccc2)cc(-c2ccc3c(c2)Nc2ccc(CCOc4ccc(N5CCOCC5)cc4)cc2NC3=O)c1. The topological polar surface area (TPSA) is 81.3 Å². The van der Waals surface area contributed by atoms with Gasteiger partial charge >= 0.3 is 0 Å². The van der Waals surface area contributed by atoms with Gasteiger partial charge in [0.15, 0.2) is 0 Å². The molecule has 0 spiro atoms. The van der Waals surface area contributed by atoms with Gasteiger partial charge in [-0.25, -0.2) is 0 Å². The van der Waals surface area contributed by atoms with Crippen LogP contribution in [0.2, 0.25) is 0 Å². The molecule has 1 amide bonds. The van der Waals surface area contributed by atoms with Crippen LogP contribution in [0.25, 0.3) is 11.1 Å². The predicted octanol–water partition coefficient (Wildman–Crippen LogP) is 7.71. The molecule has 0 aromatic heterocycles. The average Bonchev–Trinajstić information content (AvgIpc) is 3.26. The number of amides is 1. The van der Waals surface area contributed by atoms with Crippen LogP contribution in [0, 0.1) is 0 Å². The van der Waals surface area contributed by atoms with E-state index in [1.807, 2.05) is 91.0 Å². The first kappa shape index (κ1) is 30.2. The number of nitrogens with zero attached hydrogens (tertiary/aromatic N) is 1. The molecule has 8 heteroatoms. The summed E-state index contributed by atoms with van der Waals surface area (Å²) < 4.78 is 23.2. The summed E-state index contributed by atoms with van der Waals surface area (Å²) in [6.45, 7) is 4.31. The Balaban J connectivity index is 1.03. The fourth-order valence-electron chi connectivity index (χ4n) is 5.86. The lowest BCUT2D eigenvalue weighted by Crippen LogP contribution is -2.36. The summed E-state index contributed by atoms with van der Waals surface area (Å²) in [6, 6.07) is 36.0. The van der Waals surface area contributed by atoms with Crippen LogP contribution in [0.1, 0.15) is 21.5 Å². The molecule has 5 aromatic carbocycles. The smallest absolute Gasteiger partial charge is 0.257 e. The lowest BCUT2D eigenvalue weighted by Gasteiger charge is -2.28. The van der Waals surface area contributed by atoms with Gasteiger partial charge < -0.3 is 34.5 Å². The number of nitrogens with one attached hydrogen (secondary N) is 2. The molecule has 8 nitrogen and oxygen atoms in total. The predicted molar refractivity (Wildman–Crippen MR) is 186 cm³/mol. The number of methoxy groups -OCH3 is 1. The second-order valence-corrected chi connectivity index (χ2v) is 11.6. The van der Waals surface area contributed by atoms with Gasteiger partial charge in [-0.2, -0.15) is 0 Å². The molecule has 2 aliphatic rings. The highest BCUT2D eigenvalue weighted by molar-refractivity contribution is 6.12. The molecule has 5 aromatic rings. The van der Waals surface area contributed by atoms with Crippen molar-refractivity contribution in [3.8, 4) is 28.4 Å². The molecule has 2 N–H and O–H groups in total. The second-order valence-electron chi connectivity index (χ2n) is 11.6. The highest BCUT2D eigenvalue weighted by Gasteiger charge is 2.20. The van der Waals surface area contributed by atoms with Crippen molar-refractivity contribution in [2.75, 3.05) is 55.6 Å². The molecular formula is C39H37N3O5. The maximum absolute atomic E-state index is 13.3. The summed E-state index contributed by atoms with van der Waals surface area (Å²) in [5.41, 5.74) is 8.05. The van der Waals surface area contributed by atoms with E-state index in [2.05, 4.69) is 33.7 Å². The van der Waals surface area contributed by atoms with Crippen molar-refractivity contribution in [3.63, 3.8) is 0 Å². The Kier molecular flexibility index (Phi) is 8.92. The van der Waals surface area contributed by atoms with Crippen molar-refractivity contribution in [1.29, 1.82) is 0 Å². The van der Waals surface area contributed by atoms with Gasteiger partial charge in [0.25, 0.3) is 5.91 Å². The number of rotatable bonds is 10. The molecule has 0 atom stereocenters. The Morgan fingerprint density at radius 2 is 1.49 bits per heavy atom. The zero-order valence-corrected chi connectivity index (χ0v) is 26.3. The van der Waals surface area contributed by atoms with E-state index in [0.717, 1.165) is 71.4 Å². The Labute approximate surface area is 274 Å². The molecule has 1 saturated heterocycles. The lowest BCUT2D eigenvalue weighted by atomic mass is 10.0. The van der Waals surface area contributed by atoms with Crippen LogP contribution < -0.4 is 29.7 Å². The third-order valence-corrected chi connectivity index (χ3v) is 8.44. The molecule has 47 heavy (non-hydrogen) atoms. The first-order valence-corrected chi connectivity index (χ1v) is 15.9. The summed E-state index contributed by atoms with van der Waals surface area (Å²) in [6.07, 6.45) is 0.704. The Morgan fingerprint density at radius 1 is 0.681 bits per heavy atom. The molecular weight excluding hydrogens is 590 g/mol. The van der Waals surface area contributed by atoms with E-state index in [4.69, 9.17) is 18.9 Å². The molecule has 0 aliphatic carbocycles. The van der Waals surface area contributed by atoms with Crippen molar-refractivity contribution in [1.82, 2.24) is 0 Å². The lowest BCUT2D eigenvalue weighted by molar-refractivity contribution is 0.102. The number of morpholine rings is 1. The first-order valence-electron chi connectivity index (χ1n) is 15.9. The van der Waals surface area contributed by atoms with Gasteiger partial charge in [-0.15, -0.1) is 0 Å². The van der Waals surface area contributed by atoms with Crippen molar-refractivity contribution >= 4 is 28.7 Å². The van der Waals surface area contributed by atoms with Crippen LogP contribution in [0.15, 0.2) is 109 Å². The number of carbonyl (C=O) groups is 1. The van der Waals surface area contributed by atoms with E-state index in [-0.39, 0.29) is 5.91 Å². The van der Waals surface area contributed by atoms with Gasteiger partial charge in [0.1, 0.15) is 23.9 Å². The molecule has 0 unspecified atom stereocenters. The highest BCUT2D eigenvalue weighted by Crippen LogP contribution is 2.37. The Hall–Kier alpha value is -5.47. The molecule has 0 bridgehead atoms. The monoisotopic (exact) mass is 627 g/mol. The summed E-state index contributed by atoms with van der Waals surface area (Å²) in [4.78, 5) is 15.6. The van der Waals surface area contributed by atoms with Crippen LogP contribution in [0.4, 0.5) is 22.7 Å². The van der Waals surface area contributed by atoms with Crippen LogP contribution in [0.5, 0.6) is 17.2 Å². The molecule has 238 valence electrons. The maximum Gasteiger partial charge on any atom is 0.257 e. The number of benzene rings is 5. The van der Waals surface area contributed by atoms with E-state index in [9.17, 15) is 4.79 Å². The molecule has 2 heterocycles. The minimum atomic E-state index is -0.163. The van der Waals surface area contributed by atoms with Crippen molar-refractivity contribution < 1.29 is 23.7 Å². The third-order valence-electron chi connectivity index (χ3n) is 8.44. The van der Waals surface area contributed by atoms with E-state index >= 15 is 0 Å². The molecule has 0 radical (unpaired) electrons. The third kappa shape index (κ3) is 7.18. The number of anilines is 4. The summed E-state index contributed by atoms with van der Waals surface area (Å²) in [5, 5.41) is 6.57. The van der Waals surface area contributed by atoms with Crippen LogP contribution in [-0.4, -0.2) is 45.9 Å². The van der Waals surface area contributed by atoms with Crippen LogP contribution >= 0.6 is 0 Å². The number of hydrogen-bond donors (Lipinski definition) is 2. The zero-order valence-electron chi connectivity index (χ0n) is 26.3. The number of carbonyl (C=O) groups excluding carboxylic acids is 1. The normalized spacial score (nSPS) is 13.8. The van der Waals surface area contributed by atoms with E-state index < -0.39 is 0 Å². The molecule has 0 saturated carbocycles. The van der Waals surface area contributed by atoms with Crippen molar-refractivity contribution in [3.05, 3.63) is 126 Å². The average molecular weight is 628 g/mol.